The van der Waals surface area contributed by atoms with Gasteiger partial charge in [-0.05, 0) is 31.7 Å². The summed E-state index contributed by atoms with van der Waals surface area (Å²) in [5, 5.41) is 27.7. The highest BCUT2D eigenvalue weighted by Gasteiger charge is 2.29. The molecule has 2 rings (SSSR count). The number of hydrogen-bond donors (Lipinski definition) is 3. The van der Waals surface area contributed by atoms with Crippen LogP contribution in [0.4, 0.5) is 0 Å². The van der Waals surface area contributed by atoms with E-state index in [-0.39, 0.29) is 24.2 Å². The molecule has 20 heavy (non-hydrogen) atoms. The van der Waals surface area contributed by atoms with Crippen LogP contribution in [-0.2, 0) is 22.4 Å². The van der Waals surface area contributed by atoms with Crippen molar-refractivity contribution in [2.75, 3.05) is 0 Å². The highest BCUT2D eigenvalue weighted by Crippen LogP contribution is 2.29. The van der Waals surface area contributed by atoms with Gasteiger partial charge in [-0.25, -0.2) is 4.79 Å². The number of aromatic hydroxyl groups is 1. The van der Waals surface area contributed by atoms with E-state index in [1.54, 1.807) is 0 Å². The van der Waals surface area contributed by atoms with E-state index in [1.807, 2.05) is 0 Å². The topological polar surface area (TPSA) is 117 Å². The van der Waals surface area contributed by atoms with Gasteiger partial charge in [-0.1, -0.05) is 0 Å². The van der Waals surface area contributed by atoms with E-state index in [0.717, 1.165) is 4.57 Å². The Morgan fingerprint density at radius 3 is 2.65 bits per heavy atom. The third-order valence-corrected chi connectivity index (χ3v) is 3.49. The van der Waals surface area contributed by atoms with E-state index >= 15 is 0 Å². The Hall–Kier alpha value is -2.31. The van der Waals surface area contributed by atoms with E-state index in [2.05, 4.69) is 0 Å². The summed E-state index contributed by atoms with van der Waals surface area (Å²) in [4.78, 5) is 34.1. The molecule has 1 atom stereocenters. The van der Waals surface area contributed by atoms with E-state index in [1.165, 1.54) is 6.07 Å². The van der Waals surface area contributed by atoms with Crippen LogP contribution in [0.25, 0.3) is 0 Å². The van der Waals surface area contributed by atoms with Gasteiger partial charge >= 0.3 is 11.9 Å². The molecule has 2 heterocycles. The van der Waals surface area contributed by atoms with Gasteiger partial charge < -0.3 is 15.3 Å². The summed E-state index contributed by atoms with van der Waals surface area (Å²) in [6.07, 6.45) is 1.06. The van der Waals surface area contributed by atoms with Crippen LogP contribution in [0.5, 0.6) is 5.75 Å². The van der Waals surface area contributed by atoms with Gasteiger partial charge in [0.1, 0.15) is 11.8 Å². The molecule has 0 spiro atoms. The summed E-state index contributed by atoms with van der Waals surface area (Å²) in [6, 6.07) is 0.253. The number of aromatic nitrogens is 1. The molecule has 1 aliphatic rings. The number of carboxylic acid groups (broad SMARTS) is 2. The molecule has 1 aromatic heterocycles. The van der Waals surface area contributed by atoms with Crippen LogP contribution in [0, 0.1) is 0 Å². The van der Waals surface area contributed by atoms with Crippen molar-refractivity contribution >= 4 is 11.9 Å². The smallest absolute Gasteiger partial charge is 0.326 e. The quantitative estimate of drug-likeness (QED) is 0.741. The molecule has 1 aromatic rings. The van der Waals surface area contributed by atoms with Crippen molar-refractivity contribution in [3.63, 3.8) is 0 Å². The lowest BCUT2D eigenvalue weighted by Gasteiger charge is -2.26. The second-order valence-electron chi connectivity index (χ2n) is 4.82. The minimum Gasteiger partial charge on any atom is -0.506 e. The normalized spacial score (nSPS) is 17.5. The summed E-state index contributed by atoms with van der Waals surface area (Å²) in [5.74, 6) is -2.32. The molecule has 0 saturated carbocycles. The van der Waals surface area contributed by atoms with Crippen LogP contribution < -0.4 is 5.56 Å². The second-order valence-corrected chi connectivity index (χ2v) is 4.82. The fourth-order valence-electron chi connectivity index (χ4n) is 2.54. The van der Waals surface area contributed by atoms with Crippen LogP contribution in [0.2, 0.25) is 0 Å². The van der Waals surface area contributed by atoms with E-state index in [9.17, 15) is 24.6 Å². The van der Waals surface area contributed by atoms with E-state index in [0.29, 0.717) is 25.0 Å². The lowest BCUT2D eigenvalue weighted by molar-refractivity contribution is -0.141. The SMILES string of the molecule is O=C(O)CCc1cc(O)c2n(c1=O)C(C(=O)O)CCC2. The van der Waals surface area contributed by atoms with Crippen molar-refractivity contribution in [1.29, 1.82) is 0 Å². The van der Waals surface area contributed by atoms with Crippen molar-refractivity contribution in [3.05, 3.63) is 27.7 Å². The fourth-order valence-corrected chi connectivity index (χ4v) is 2.54. The number of hydrogen-bond acceptors (Lipinski definition) is 4. The molecule has 1 aliphatic heterocycles. The Bertz CT molecular complexity index is 618. The fraction of sp³-hybridized carbons (Fsp3) is 0.462. The van der Waals surface area contributed by atoms with Gasteiger partial charge in [0.15, 0.2) is 0 Å². The molecule has 3 N–H and O–H groups in total. The van der Waals surface area contributed by atoms with Crippen LogP contribution in [-0.4, -0.2) is 31.8 Å². The zero-order chi connectivity index (χ0) is 14.9. The van der Waals surface area contributed by atoms with Crippen molar-refractivity contribution in [2.24, 2.45) is 0 Å². The highest BCUT2D eigenvalue weighted by molar-refractivity contribution is 5.72. The molecular formula is C13H15NO6. The largest absolute Gasteiger partial charge is 0.506 e. The molecule has 0 aromatic carbocycles. The van der Waals surface area contributed by atoms with Gasteiger partial charge in [0.2, 0.25) is 0 Å². The van der Waals surface area contributed by atoms with E-state index in [4.69, 9.17) is 5.11 Å². The molecule has 0 fully saturated rings. The molecule has 0 bridgehead atoms. The predicted molar refractivity (Wildman–Crippen MR) is 67.9 cm³/mol. The molecule has 0 radical (unpaired) electrons. The summed E-state index contributed by atoms with van der Waals surface area (Å²) >= 11 is 0. The maximum Gasteiger partial charge on any atom is 0.326 e. The second kappa shape index (κ2) is 5.36. The summed E-state index contributed by atoms with van der Waals surface area (Å²) < 4.78 is 1.10. The lowest BCUT2D eigenvalue weighted by Crippen LogP contribution is -2.36. The third kappa shape index (κ3) is 2.52. The first-order valence-corrected chi connectivity index (χ1v) is 6.32. The number of pyridine rings is 1. The molecule has 1 unspecified atom stereocenters. The first-order chi connectivity index (χ1) is 9.41. The number of aliphatic carboxylic acids is 2. The molecule has 108 valence electrons. The maximum absolute atomic E-state index is 12.3. The zero-order valence-corrected chi connectivity index (χ0v) is 10.7. The number of rotatable bonds is 4. The lowest BCUT2D eigenvalue weighted by atomic mass is 9.98. The Morgan fingerprint density at radius 1 is 1.35 bits per heavy atom. The van der Waals surface area contributed by atoms with Gasteiger partial charge in [-0.3, -0.25) is 14.2 Å². The standard InChI is InChI=1S/C13H15NO6/c15-10-6-7(4-5-11(16)17)12(18)14-8(10)2-1-3-9(14)13(19)20/h6,9,15H,1-5H2,(H,16,17)(H,19,20). The zero-order valence-electron chi connectivity index (χ0n) is 10.7. The Morgan fingerprint density at radius 2 is 2.05 bits per heavy atom. The van der Waals surface area contributed by atoms with Crippen molar-refractivity contribution in [3.8, 4) is 5.75 Å². The highest BCUT2D eigenvalue weighted by atomic mass is 16.4. The van der Waals surface area contributed by atoms with Crippen LogP contribution >= 0.6 is 0 Å². The van der Waals surface area contributed by atoms with Gasteiger partial charge in [0.05, 0.1) is 5.69 Å². The van der Waals surface area contributed by atoms with Crippen LogP contribution in [0.1, 0.15) is 36.6 Å². The monoisotopic (exact) mass is 281 g/mol. The first kappa shape index (κ1) is 14.1. The van der Waals surface area contributed by atoms with Crippen LogP contribution in [0.3, 0.4) is 0 Å². The Kier molecular flexibility index (Phi) is 3.78. The molecule has 7 heteroatoms. The van der Waals surface area contributed by atoms with E-state index < -0.39 is 23.5 Å². The number of carbonyl (C=O) groups is 2. The summed E-state index contributed by atoms with van der Waals surface area (Å²) in [6.45, 7) is 0. The van der Waals surface area contributed by atoms with Gasteiger partial charge in [-0.2, -0.15) is 0 Å². The minimum atomic E-state index is -1.12. The molecule has 0 aliphatic carbocycles. The minimum absolute atomic E-state index is 0.0334. The number of fused-ring (bicyclic) bond motifs is 1. The number of carboxylic acids is 2. The van der Waals surface area contributed by atoms with Gasteiger partial charge in [0, 0.05) is 12.0 Å². The molecular weight excluding hydrogens is 266 g/mol. The molecule has 0 saturated heterocycles. The average Bonchev–Trinajstić information content (AvgIpc) is 2.40. The summed E-state index contributed by atoms with van der Waals surface area (Å²) in [7, 11) is 0. The first-order valence-electron chi connectivity index (χ1n) is 6.32. The Labute approximate surface area is 114 Å². The van der Waals surface area contributed by atoms with Gasteiger partial charge in [0.25, 0.3) is 5.56 Å². The van der Waals surface area contributed by atoms with Crippen molar-refractivity contribution in [1.82, 2.24) is 4.57 Å². The Balaban J connectivity index is 2.52. The van der Waals surface area contributed by atoms with Crippen LogP contribution in [0.15, 0.2) is 10.9 Å². The summed E-state index contributed by atoms with van der Waals surface area (Å²) in [5.41, 5.74) is -0.0827. The van der Waals surface area contributed by atoms with Gasteiger partial charge in [-0.15, -0.1) is 0 Å². The number of nitrogens with zero attached hydrogens (tertiary/aromatic N) is 1. The average molecular weight is 281 g/mol. The predicted octanol–water partition coefficient (Wildman–Crippen LogP) is 0.533. The number of aryl methyl sites for hydroxylation is 1. The van der Waals surface area contributed by atoms with Crippen molar-refractivity contribution in [2.45, 2.75) is 38.1 Å². The molecule has 7 nitrogen and oxygen atoms in total. The molecule has 0 amide bonds. The maximum atomic E-state index is 12.3. The third-order valence-electron chi connectivity index (χ3n) is 3.49. The van der Waals surface area contributed by atoms with Crippen molar-refractivity contribution < 1.29 is 24.9 Å².